The van der Waals surface area contributed by atoms with Gasteiger partial charge in [-0.2, -0.15) is 5.10 Å². The van der Waals surface area contributed by atoms with Crippen LogP contribution in [0, 0.1) is 0 Å². The highest BCUT2D eigenvalue weighted by molar-refractivity contribution is 5.92. The first-order valence-electron chi connectivity index (χ1n) is 9.92. The van der Waals surface area contributed by atoms with E-state index in [1.165, 1.54) is 10.9 Å². The number of carbonyl (C=O) groups excluding carboxylic acids is 2. The highest BCUT2D eigenvalue weighted by Gasteiger charge is 2.09. The summed E-state index contributed by atoms with van der Waals surface area (Å²) >= 11 is 0. The number of hydrogen-bond donors (Lipinski definition) is 2. The highest BCUT2D eigenvalue weighted by atomic mass is 16.5. The number of nitrogens with one attached hydrogen (secondary N) is 2. The molecule has 0 aliphatic heterocycles. The summed E-state index contributed by atoms with van der Waals surface area (Å²) in [6.45, 7) is 4.09. The summed E-state index contributed by atoms with van der Waals surface area (Å²) in [5, 5.41) is 9.60. The molecule has 2 amide bonds. The van der Waals surface area contributed by atoms with Crippen molar-refractivity contribution >= 4 is 23.2 Å². The van der Waals surface area contributed by atoms with E-state index in [4.69, 9.17) is 9.47 Å². The topological polar surface area (TPSA) is 94.5 Å². The summed E-state index contributed by atoms with van der Waals surface area (Å²) in [4.78, 5) is 24.4. The van der Waals surface area contributed by atoms with Crippen molar-refractivity contribution < 1.29 is 19.1 Å². The Morgan fingerprint density at radius 2 is 1.74 bits per heavy atom. The van der Waals surface area contributed by atoms with Crippen LogP contribution in [0.15, 0.2) is 60.9 Å². The molecule has 31 heavy (non-hydrogen) atoms. The summed E-state index contributed by atoms with van der Waals surface area (Å²) in [5.41, 5.74) is 2.29. The average molecular weight is 422 g/mol. The van der Waals surface area contributed by atoms with Gasteiger partial charge in [-0.3, -0.25) is 14.3 Å². The van der Waals surface area contributed by atoms with Crippen molar-refractivity contribution in [1.29, 1.82) is 0 Å². The van der Waals surface area contributed by atoms with Crippen LogP contribution in [0.1, 0.15) is 25.3 Å². The summed E-state index contributed by atoms with van der Waals surface area (Å²) in [7, 11) is 1.58. The standard InChI is InChI=1S/C23H26N4O4/c1-16(2)17-5-4-6-21(11-17)31-15-23(29)26-19-12-24-27(13-19)14-22(28)25-18-7-9-20(30-3)10-8-18/h4-13,16H,14-15H2,1-3H3,(H,25,28)(H,26,29). The second-order valence-electron chi connectivity index (χ2n) is 7.27. The lowest BCUT2D eigenvalue weighted by molar-refractivity contribution is -0.118. The molecule has 3 aromatic rings. The van der Waals surface area contributed by atoms with Crippen molar-refractivity contribution in [2.24, 2.45) is 0 Å². The number of nitrogens with zero attached hydrogens (tertiary/aromatic N) is 2. The maximum absolute atomic E-state index is 12.2. The van der Waals surface area contributed by atoms with E-state index in [1.807, 2.05) is 24.3 Å². The Morgan fingerprint density at radius 1 is 1.00 bits per heavy atom. The van der Waals surface area contributed by atoms with Gasteiger partial charge in [0.1, 0.15) is 18.0 Å². The quantitative estimate of drug-likeness (QED) is 0.549. The molecule has 162 valence electrons. The number of hydrogen-bond acceptors (Lipinski definition) is 5. The Hall–Kier alpha value is -3.81. The Morgan fingerprint density at radius 3 is 2.45 bits per heavy atom. The Bertz CT molecular complexity index is 1030. The molecule has 3 rings (SSSR count). The van der Waals surface area contributed by atoms with Gasteiger partial charge in [-0.1, -0.05) is 26.0 Å². The van der Waals surface area contributed by atoms with Crippen LogP contribution in [0.4, 0.5) is 11.4 Å². The molecule has 8 nitrogen and oxygen atoms in total. The maximum atomic E-state index is 12.2. The molecule has 0 unspecified atom stereocenters. The minimum atomic E-state index is -0.308. The molecule has 8 heteroatoms. The highest BCUT2D eigenvalue weighted by Crippen LogP contribution is 2.20. The Labute approximate surface area is 181 Å². The molecule has 0 spiro atoms. The molecule has 1 aromatic heterocycles. The first-order valence-corrected chi connectivity index (χ1v) is 9.92. The van der Waals surface area contributed by atoms with Crippen LogP contribution >= 0.6 is 0 Å². The monoisotopic (exact) mass is 422 g/mol. The van der Waals surface area contributed by atoms with E-state index in [-0.39, 0.29) is 25.0 Å². The SMILES string of the molecule is COc1ccc(NC(=O)Cn2cc(NC(=O)COc3cccc(C(C)C)c3)cn2)cc1. The van der Waals surface area contributed by atoms with Crippen molar-refractivity contribution in [3.63, 3.8) is 0 Å². The van der Waals surface area contributed by atoms with Gasteiger partial charge in [0.15, 0.2) is 6.61 Å². The van der Waals surface area contributed by atoms with Crippen molar-refractivity contribution in [2.45, 2.75) is 26.3 Å². The van der Waals surface area contributed by atoms with Crippen molar-refractivity contribution in [3.05, 3.63) is 66.5 Å². The van der Waals surface area contributed by atoms with Gasteiger partial charge >= 0.3 is 0 Å². The lowest BCUT2D eigenvalue weighted by Crippen LogP contribution is -2.20. The van der Waals surface area contributed by atoms with Gasteiger partial charge in [-0.15, -0.1) is 0 Å². The average Bonchev–Trinajstić information content (AvgIpc) is 3.19. The smallest absolute Gasteiger partial charge is 0.262 e. The normalized spacial score (nSPS) is 10.6. The molecule has 0 aliphatic rings. The largest absolute Gasteiger partial charge is 0.497 e. The van der Waals surface area contributed by atoms with Crippen molar-refractivity contribution in [1.82, 2.24) is 9.78 Å². The van der Waals surface area contributed by atoms with E-state index < -0.39 is 0 Å². The van der Waals surface area contributed by atoms with Gasteiger partial charge < -0.3 is 20.1 Å². The van der Waals surface area contributed by atoms with Crippen LogP contribution < -0.4 is 20.1 Å². The third kappa shape index (κ3) is 6.60. The number of methoxy groups -OCH3 is 1. The van der Waals surface area contributed by atoms with Crippen LogP contribution in [0.2, 0.25) is 0 Å². The number of benzene rings is 2. The van der Waals surface area contributed by atoms with Crippen LogP contribution in [-0.4, -0.2) is 35.3 Å². The van der Waals surface area contributed by atoms with Gasteiger partial charge in [-0.05, 0) is 47.9 Å². The predicted octanol–water partition coefficient (Wildman–Crippen LogP) is 3.67. The molecule has 0 aliphatic carbocycles. The lowest BCUT2D eigenvalue weighted by atomic mass is 10.0. The van der Waals surface area contributed by atoms with Crippen molar-refractivity contribution in [2.75, 3.05) is 24.4 Å². The molecule has 2 N–H and O–H groups in total. The molecule has 0 radical (unpaired) electrons. The predicted molar refractivity (Wildman–Crippen MR) is 119 cm³/mol. The fourth-order valence-corrected chi connectivity index (χ4v) is 2.85. The van der Waals surface area contributed by atoms with Gasteiger partial charge in [-0.25, -0.2) is 0 Å². The van der Waals surface area contributed by atoms with Crippen LogP contribution in [0.3, 0.4) is 0 Å². The zero-order valence-corrected chi connectivity index (χ0v) is 17.8. The van der Waals surface area contributed by atoms with Gasteiger partial charge in [0.25, 0.3) is 5.91 Å². The third-order valence-corrected chi connectivity index (χ3v) is 4.49. The Balaban J connectivity index is 1.47. The second-order valence-corrected chi connectivity index (χ2v) is 7.27. The molecule has 0 bridgehead atoms. The van der Waals surface area contributed by atoms with E-state index in [2.05, 4.69) is 29.6 Å². The van der Waals surface area contributed by atoms with Crippen LogP contribution in [0.5, 0.6) is 11.5 Å². The molecule has 0 atom stereocenters. The fourth-order valence-electron chi connectivity index (χ4n) is 2.85. The van der Waals surface area contributed by atoms with Crippen molar-refractivity contribution in [3.8, 4) is 11.5 Å². The molecular formula is C23H26N4O4. The summed E-state index contributed by atoms with van der Waals surface area (Å²) in [6.07, 6.45) is 3.07. The summed E-state index contributed by atoms with van der Waals surface area (Å²) in [5.74, 6) is 1.19. The molecule has 0 saturated carbocycles. The van der Waals surface area contributed by atoms with E-state index in [1.54, 1.807) is 37.6 Å². The first kappa shape index (κ1) is 21.9. The maximum Gasteiger partial charge on any atom is 0.262 e. The van der Waals surface area contributed by atoms with Crippen LogP contribution in [0.25, 0.3) is 0 Å². The van der Waals surface area contributed by atoms with E-state index >= 15 is 0 Å². The van der Waals surface area contributed by atoms with E-state index in [0.29, 0.717) is 28.8 Å². The number of carbonyl (C=O) groups is 2. The molecule has 2 aromatic carbocycles. The van der Waals surface area contributed by atoms with Crippen LogP contribution in [-0.2, 0) is 16.1 Å². The summed E-state index contributed by atoms with van der Waals surface area (Å²) in [6, 6.07) is 14.7. The lowest BCUT2D eigenvalue weighted by Gasteiger charge is -2.09. The third-order valence-electron chi connectivity index (χ3n) is 4.49. The van der Waals surface area contributed by atoms with Gasteiger partial charge in [0, 0.05) is 11.9 Å². The minimum Gasteiger partial charge on any atom is -0.497 e. The molecular weight excluding hydrogens is 396 g/mol. The molecule has 0 fully saturated rings. The zero-order chi connectivity index (χ0) is 22.2. The number of ether oxygens (including phenoxy) is 2. The molecule has 1 heterocycles. The zero-order valence-electron chi connectivity index (χ0n) is 17.8. The Kier molecular flexibility index (Phi) is 7.26. The summed E-state index contributed by atoms with van der Waals surface area (Å²) < 4.78 is 12.1. The number of anilines is 2. The second kappa shape index (κ2) is 10.3. The first-order chi connectivity index (χ1) is 14.9. The fraction of sp³-hybridized carbons (Fsp3) is 0.261. The van der Waals surface area contributed by atoms with E-state index in [9.17, 15) is 9.59 Å². The van der Waals surface area contributed by atoms with E-state index in [0.717, 1.165) is 5.56 Å². The van der Waals surface area contributed by atoms with Gasteiger partial charge in [0.2, 0.25) is 5.91 Å². The number of rotatable bonds is 9. The number of amides is 2. The molecule has 0 saturated heterocycles. The van der Waals surface area contributed by atoms with Gasteiger partial charge in [0.05, 0.1) is 19.0 Å². The minimum absolute atomic E-state index is 0.0143. The number of aromatic nitrogens is 2.